The third-order valence-corrected chi connectivity index (χ3v) is 3.79. The Bertz CT molecular complexity index is 732. The fourth-order valence-corrected chi connectivity index (χ4v) is 2.50. The summed E-state index contributed by atoms with van der Waals surface area (Å²) in [7, 11) is 0. The van der Waals surface area contributed by atoms with Gasteiger partial charge in [0.1, 0.15) is 5.75 Å². The Kier molecular flexibility index (Phi) is 3.66. The fraction of sp³-hybridized carbons (Fsp3) is 0.133. The van der Waals surface area contributed by atoms with Gasteiger partial charge in [0, 0.05) is 23.2 Å². The van der Waals surface area contributed by atoms with E-state index in [4.69, 9.17) is 33.7 Å². The van der Waals surface area contributed by atoms with Crippen molar-refractivity contribution >= 4 is 40.5 Å². The number of rotatable bonds is 2. The summed E-state index contributed by atoms with van der Waals surface area (Å²) in [5.74, 6) is 0.929. The van der Waals surface area contributed by atoms with Gasteiger partial charge < -0.3 is 15.8 Å². The first-order chi connectivity index (χ1) is 10.0. The number of nitrogen functional groups attached to an aromatic ring is 1. The molecular weight excluding hydrogens is 311 g/mol. The minimum atomic E-state index is -0.00606. The monoisotopic (exact) mass is 322 g/mol. The standard InChI is InChI=1S/C15H12Cl2N2O2/c16-9-2-3-10(17)13(6-9)21-14-5-8-1-4-15(20)19-12(8)7-11(14)18/h2-3,5-7H,1,4,18H2,(H,19,20). The second-order valence-corrected chi connectivity index (χ2v) is 5.62. The molecule has 1 amide bonds. The molecule has 1 aliphatic rings. The van der Waals surface area contributed by atoms with E-state index in [0.717, 1.165) is 11.3 Å². The number of fused-ring (bicyclic) bond motifs is 1. The number of nitrogens with two attached hydrogens (primary N) is 1. The van der Waals surface area contributed by atoms with Crippen LogP contribution in [0.1, 0.15) is 12.0 Å². The van der Waals surface area contributed by atoms with Crippen molar-refractivity contribution in [2.45, 2.75) is 12.8 Å². The highest BCUT2D eigenvalue weighted by molar-refractivity contribution is 6.34. The molecule has 0 bridgehead atoms. The number of amides is 1. The Morgan fingerprint density at radius 1 is 1.10 bits per heavy atom. The van der Waals surface area contributed by atoms with E-state index in [2.05, 4.69) is 5.32 Å². The van der Waals surface area contributed by atoms with E-state index >= 15 is 0 Å². The van der Waals surface area contributed by atoms with E-state index < -0.39 is 0 Å². The molecular formula is C15H12Cl2N2O2. The predicted molar refractivity (Wildman–Crippen MR) is 84.3 cm³/mol. The second kappa shape index (κ2) is 5.47. The van der Waals surface area contributed by atoms with Gasteiger partial charge in [-0.2, -0.15) is 0 Å². The second-order valence-electron chi connectivity index (χ2n) is 4.77. The molecule has 2 aromatic rings. The molecule has 3 N–H and O–H groups in total. The number of carbonyl (C=O) groups is 1. The van der Waals surface area contributed by atoms with Crippen LogP contribution in [0.15, 0.2) is 30.3 Å². The number of aryl methyl sites for hydroxylation is 1. The summed E-state index contributed by atoms with van der Waals surface area (Å²) in [6.07, 6.45) is 1.11. The zero-order chi connectivity index (χ0) is 15.0. The van der Waals surface area contributed by atoms with Crippen LogP contribution in [0, 0.1) is 0 Å². The highest BCUT2D eigenvalue weighted by Gasteiger charge is 2.18. The molecule has 0 aromatic heterocycles. The Labute approximate surface area is 131 Å². The molecule has 1 heterocycles. The molecule has 108 valence electrons. The summed E-state index contributed by atoms with van der Waals surface area (Å²) in [5.41, 5.74) is 8.11. The van der Waals surface area contributed by atoms with E-state index in [1.807, 2.05) is 6.07 Å². The van der Waals surface area contributed by atoms with E-state index in [1.165, 1.54) is 0 Å². The summed E-state index contributed by atoms with van der Waals surface area (Å²) in [6.45, 7) is 0. The molecule has 0 saturated carbocycles. The van der Waals surface area contributed by atoms with Gasteiger partial charge in [0.15, 0.2) is 5.75 Å². The maximum atomic E-state index is 11.4. The van der Waals surface area contributed by atoms with Crippen LogP contribution in [-0.4, -0.2) is 5.91 Å². The van der Waals surface area contributed by atoms with Crippen molar-refractivity contribution < 1.29 is 9.53 Å². The highest BCUT2D eigenvalue weighted by atomic mass is 35.5. The minimum Gasteiger partial charge on any atom is -0.454 e. The van der Waals surface area contributed by atoms with E-state index in [0.29, 0.717) is 40.1 Å². The van der Waals surface area contributed by atoms with Gasteiger partial charge in [0.25, 0.3) is 0 Å². The van der Waals surface area contributed by atoms with E-state index in [1.54, 1.807) is 24.3 Å². The average molecular weight is 323 g/mol. The molecule has 0 radical (unpaired) electrons. The van der Waals surface area contributed by atoms with Crippen LogP contribution in [0.3, 0.4) is 0 Å². The Hall–Kier alpha value is -1.91. The van der Waals surface area contributed by atoms with Crippen molar-refractivity contribution in [2.24, 2.45) is 0 Å². The van der Waals surface area contributed by atoms with E-state index in [9.17, 15) is 4.79 Å². The van der Waals surface area contributed by atoms with Crippen molar-refractivity contribution in [3.8, 4) is 11.5 Å². The molecule has 0 saturated heterocycles. The predicted octanol–water partition coefficient (Wildman–Crippen LogP) is 4.25. The molecule has 0 aliphatic carbocycles. The van der Waals surface area contributed by atoms with Crippen molar-refractivity contribution in [2.75, 3.05) is 11.1 Å². The molecule has 0 atom stereocenters. The zero-order valence-corrected chi connectivity index (χ0v) is 12.5. The number of hydrogen-bond donors (Lipinski definition) is 2. The zero-order valence-electron chi connectivity index (χ0n) is 11.0. The number of nitrogens with one attached hydrogen (secondary N) is 1. The van der Waals surface area contributed by atoms with Gasteiger partial charge in [-0.3, -0.25) is 4.79 Å². The number of ether oxygens (including phenoxy) is 1. The van der Waals surface area contributed by atoms with Crippen molar-refractivity contribution in [1.82, 2.24) is 0 Å². The topological polar surface area (TPSA) is 64.3 Å². The molecule has 6 heteroatoms. The van der Waals surface area contributed by atoms with Crippen molar-refractivity contribution in [1.29, 1.82) is 0 Å². The Balaban J connectivity index is 1.96. The lowest BCUT2D eigenvalue weighted by Gasteiger charge is -2.19. The largest absolute Gasteiger partial charge is 0.454 e. The first-order valence-corrected chi connectivity index (χ1v) is 7.13. The van der Waals surface area contributed by atoms with Crippen molar-refractivity contribution in [3.05, 3.63) is 45.9 Å². The summed E-state index contributed by atoms with van der Waals surface area (Å²) in [6, 6.07) is 8.49. The maximum absolute atomic E-state index is 11.4. The number of benzene rings is 2. The van der Waals surface area contributed by atoms with Gasteiger partial charge in [-0.05, 0) is 36.2 Å². The third-order valence-electron chi connectivity index (χ3n) is 3.24. The summed E-state index contributed by atoms with van der Waals surface area (Å²) in [5, 5.41) is 3.77. The molecule has 2 aromatic carbocycles. The van der Waals surface area contributed by atoms with Crippen LogP contribution >= 0.6 is 23.2 Å². The van der Waals surface area contributed by atoms with Gasteiger partial charge in [-0.1, -0.05) is 23.2 Å². The van der Waals surface area contributed by atoms with Crippen LogP contribution in [0.4, 0.5) is 11.4 Å². The minimum absolute atomic E-state index is 0.00606. The first-order valence-electron chi connectivity index (χ1n) is 6.38. The summed E-state index contributed by atoms with van der Waals surface area (Å²) < 4.78 is 5.76. The molecule has 3 rings (SSSR count). The third kappa shape index (κ3) is 2.91. The molecule has 21 heavy (non-hydrogen) atoms. The number of carbonyl (C=O) groups excluding carboxylic acids is 1. The number of anilines is 2. The van der Waals surface area contributed by atoms with Crippen LogP contribution in [0.5, 0.6) is 11.5 Å². The Morgan fingerprint density at radius 2 is 1.90 bits per heavy atom. The molecule has 1 aliphatic heterocycles. The van der Waals surface area contributed by atoms with E-state index in [-0.39, 0.29) is 5.91 Å². The first kappa shape index (κ1) is 14.0. The van der Waals surface area contributed by atoms with Gasteiger partial charge in [-0.15, -0.1) is 0 Å². The smallest absolute Gasteiger partial charge is 0.224 e. The Morgan fingerprint density at radius 3 is 2.71 bits per heavy atom. The van der Waals surface area contributed by atoms with Crippen LogP contribution in [0.2, 0.25) is 10.0 Å². The summed E-state index contributed by atoms with van der Waals surface area (Å²) in [4.78, 5) is 11.4. The summed E-state index contributed by atoms with van der Waals surface area (Å²) >= 11 is 12.0. The molecule has 0 spiro atoms. The SMILES string of the molecule is Nc1cc2c(cc1Oc1cc(Cl)ccc1Cl)CCC(=O)N2. The van der Waals surface area contributed by atoms with Crippen LogP contribution in [-0.2, 0) is 11.2 Å². The van der Waals surface area contributed by atoms with Crippen LogP contribution < -0.4 is 15.8 Å². The maximum Gasteiger partial charge on any atom is 0.224 e. The molecule has 0 unspecified atom stereocenters. The number of halogens is 2. The van der Waals surface area contributed by atoms with Gasteiger partial charge in [0.05, 0.1) is 10.7 Å². The van der Waals surface area contributed by atoms with Crippen molar-refractivity contribution in [3.63, 3.8) is 0 Å². The number of hydrogen-bond acceptors (Lipinski definition) is 3. The highest BCUT2D eigenvalue weighted by Crippen LogP contribution is 2.38. The van der Waals surface area contributed by atoms with Gasteiger partial charge in [0.2, 0.25) is 5.91 Å². The van der Waals surface area contributed by atoms with Gasteiger partial charge in [-0.25, -0.2) is 0 Å². The fourth-order valence-electron chi connectivity index (χ4n) is 2.19. The lowest BCUT2D eigenvalue weighted by atomic mass is 10.0. The molecule has 0 fully saturated rings. The molecule has 4 nitrogen and oxygen atoms in total. The van der Waals surface area contributed by atoms with Gasteiger partial charge >= 0.3 is 0 Å². The lowest BCUT2D eigenvalue weighted by molar-refractivity contribution is -0.116. The lowest BCUT2D eigenvalue weighted by Crippen LogP contribution is -2.19. The van der Waals surface area contributed by atoms with Crippen LogP contribution in [0.25, 0.3) is 0 Å². The normalized spacial score (nSPS) is 13.5. The average Bonchev–Trinajstić information content (AvgIpc) is 2.44. The quantitative estimate of drug-likeness (QED) is 0.812.